The minimum atomic E-state index is -0.0833. The number of quaternary nitrogens is 1. The van der Waals surface area contributed by atoms with Crippen LogP contribution in [0.15, 0.2) is 0 Å². The van der Waals surface area contributed by atoms with Gasteiger partial charge in [0.2, 0.25) is 0 Å². The third-order valence-electron chi connectivity index (χ3n) is 0.993. The molecule has 4 N–H and O–H groups in total. The summed E-state index contributed by atoms with van der Waals surface area (Å²) < 4.78 is 0. The Balaban J connectivity index is 0. The fourth-order valence-electron chi connectivity index (χ4n) is 0.420. The maximum absolute atomic E-state index is 10.4. The molecule has 0 spiro atoms. The topological polar surface area (TPSA) is 56.7 Å². The Morgan fingerprint density at radius 3 is 2.33 bits per heavy atom. The minimum Gasteiger partial charge on any atom is -1.00 e. The number of amides is 1. The van der Waals surface area contributed by atoms with Crippen LogP contribution in [0.2, 0.25) is 0 Å². The van der Waals surface area contributed by atoms with Gasteiger partial charge in [0.25, 0.3) is 0 Å². The SMILES string of the molecule is CCN[C@H](C)C([NH3+])=O.[Cl-]. The zero-order valence-corrected chi connectivity index (χ0v) is 6.53. The molecule has 1 amide bonds. The van der Waals surface area contributed by atoms with Crippen LogP contribution in [0.5, 0.6) is 0 Å². The lowest BCUT2D eigenvalue weighted by molar-refractivity contribution is -0.307. The zero-order chi connectivity index (χ0) is 6.57. The number of rotatable bonds is 3. The molecule has 0 bridgehead atoms. The molecule has 1 atom stereocenters. The Kier molecular flexibility index (Phi) is 7.77. The van der Waals surface area contributed by atoms with E-state index in [1.165, 1.54) is 0 Å². The van der Waals surface area contributed by atoms with Crippen LogP contribution in [0, 0.1) is 0 Å². The van der Waals surface area contributed by atoms with Gasteiger partial charge in [-0.25, -0.2) is 4.79 Å². The molecule has 0 saturated heterocycles. The highest BCUT2D eigenvalue weighted by Gasteiger charge is 2.07. The van der Waals surface area contributed by atoms with E-state index in [0.717, 1.165) is 6.54 Å². The van der Waals surface area contributed by atoms with Gasteiger partial charge in [-0.1, -0.05) is 6.92 Å². The molecular formula is C5H13ClN2O. The van der Waals surface area contributed by atoms with Gasteiger partial charge in [-0.05, 0) is 13.5 Å². The number of carbonyl (C=O) groups is 1. The number of likely N-dealkylation sites (N-methyl/N-ethyl adjacent to an activating group) is 1. The fourth-order valence-corrected chi connectivity index (χ4v) is 0.420. The first-order valence-corrected chi connectivity index (χ1v) is 2.77. The van der Waals surface area contributed by atoms with Gasteiger partial charge in [0, 0.05) is 0 Å². The summed E-state index contributed by atoms with van der Waals surface area (Å²) in [6, 6.07) is -0.0833. The van der Waals surface area contributed by atoms with Crippen molar-refractivity contribution in [3.8, 4) is 0 Å². The van der Waals surface area contributed by atoms with E-state index in [2.05, 4.69) is 11.1 Å². The van der Waals surface area contributed by atoms with E-state index < -0.39 is 0 Å². The molecule has 0 aromatic carbocycles. The highest BCUT2D eigenvalue weighted by Crippen LogP contribution is 1.72. The lowest BCUT2D eigenvalue weighted by atomic mass is 10.3. The summed E-state index contributed by atoms with van der Waals surface area (Å²) in [5.41, 5.74) is 3.26. The lowest BCUT2D eigenvalue weighted by Crippen LogP contribution is -3.00. The van der Waals surface area contributed by atoms with Gasteiger partial charge < -0.3 is 17.7 Å². The summed E-state index contributed by atoms with van der Waals surface area (Å²) in [6.45, 7) is 4.58. The van der Waals surface area contributed by atoms with Crippen LogP contribution < -0.4 is 23.5 Å². The molecule has 0 fully saturated rings. The monoisotopic (exact) mass is 152 g/mol. The molecule has 0 aliphatic rings. The predicted octanol–water partition coefficient (Wildman–Crippen LogP) is -4.24. The van der Waals surface area contributed by atoms with Crippen molar-refractivity contribution in [3.63, 3.8) is 0 Å². The highest BCUT2D eigenvalue weighted by atomic mass is 35.5. The maximum atomic E-state index is 10.4. The lowest BCUT2D eigenvalue weighted by Gasteiger charge is -2.01. The molecule has 56 valence electrons. The first kappa shape index (κ1) is 11.6. The summed E-state index contributed by atoms with van der Waals surface area (Å²) in [5, 5.41) is 2.93. The van der Waals surface area contributed by atoms with Gasteiger partial charge in [0.1, 0.15) is 6.04 Å². The van der Waals surface area contributed by atoms with E-state index in [1.807, 2.05) is 6.92 Å². The quantitative estimate of drug-likeness (QED) is 0.431. The van der Waals surface area contributed by atoms with E-state index in [1.54, 1.807) is 6.92 Å². The van der Waals surface area contributed by atoms with Crippen LogP contribution in [-0.2, 0) is 4.79 Å². The van der Waals surface area contributed by atoms with E-state index in [-0.39, 0.29) is 24.4 Å². The van der Waals surface area contributed by atoms with Gasteiger partial charge in [-0.3, -0.25) is 5.73 Å². The molecule has 0 aliphatic carbocycles. The average Bonchev–Trinajstić information content (AvgIpc) is 1.67. The fraction of sp³-hybridized carbons (Fsp3) is 0.800. The molecule has 0 aromatic heterocycles. The number of halogens is 1. The highest BCUT2D eigenvalue weighted by molar-refractivity contribution is 5.70. The Labute approximate surface area is 61.4 Å². The van der Waals surface area contributed by atoms with Gasteiger partial charge in [0.15, 0.2) is 0 Å². The Bertz CT molecular complexity index is 87.0. The second kappa shape index (κ2) is 6.01. The van der Waals surface area contributed by atoms with Gasteiger partial charge in [0.05, 0.1) is 0 Å². The summed E-state index contributed by atoms with van der Waals surface area (Å²) >= 11 is 0. The van der Waals surface area contributed by atoms with Crippen LogP contribution in [0.1, 0.15) is 13.8 Å². The van der Waals surface area contributed by atoms with E-state index >= 15 is 0 Å². The van der Waals surface area contributed by atoms with Gasteiger partial charge >= 0.3 is 5.91 Å². The summed E-state index contributed by atoms with van der Waals surface area (Å²) in [5.74, 6) is -0.0492. The van der Waals surface area contributed by atoms with Crippen molar-refractivity contribution < 1.29 is 22.9 Å². The molecule has 0 unspecified atom stereocenters. The normalized spacial score (nSPS) is 11.9. The first-order chi connectivity index (χ1) is 3.68. The summed E-state index contributed by atoms with van der Waals surface area (Å²) in [4.78, 5) is 10.4. The number of carbonyl (C=O) groups excluding carboxylic acids is 1. The smallest absolute Gasteiger partial charge is 0.325 e. The van der Waals surface area contributed by atoms with Crippen LogP contribution >= 0.6 is 0 Å². The third kappa shape index (κ3) is 5.76. The van der Waals surface area contributed by atoms with Crippen molar-refractivity contribution in [2.45, 2.75) is 19.9 Å². The molecule has 0 radical (unpaired) electrons. The van der Waals surface area contributed by atoms with Crippen molar-refractivity contribution in [3.05, 3.63) is 0 Å². The number of hydrogen-bond acceptors (Lipinski definition) is 2. The molecule has 0 aliphatic heterocycles. The Hall–Kier alpha value is -0.120. The zero-order valence-electron chi connectivity index (χ0n) is 5.78. The first-order valence-electron chi connectivity index (χ1n) is 2.77. The summed E-state index contributed by atoms with van der Waals surface area (Å²) in [7, 11) is 0. The molecule has 0 rings (SSSR count). The van der Waals surface area contributed by atoms with Crippen LogP contribution in [0.3, 0.4) is 0 Å². The number of nitrogens with one attached hydrogen (secondary N) is 1. The van der Waals surface area contributed by atoms with Gasteiger partial charge in [-0.15, -0.1) is 0 Å². The standard InChI is InChI=1S/C5H12N2O.ClH/c1-3-7-4(2)5(6)8;/h4,7H,3H2,1-2H3,(H2,6,8);1H/t4-;/m1./s1. The molecule has 0 saturated carbocycles. The van der Waals surface area contributed by atoms with E-state index in [0.29, 0.717) is 0 Å². The maximum Gasteiger partial charge on any atom is 0.325 e. The molecule has 0 heterocycles. The van der Waals surface area contributed by atoms with Crippen molar-refractivity contribution in [1.29, 1.82) is 0 Å². The minimum absolute atomic E-state index is 0. The van der Waals surface area contributed by atoms with Crippen molar-refractivity contribution in [2.24, 2.45) is 0 Å². The third-order valence-corrected chi connectivity index (χ3v) is 0.993. The van der Waals surface area contributed by atoms with E-state index in [9.17, 15) is 4.79 Å². The van der Waals surface area contributed by atoms with E-state index in [4.69, 9.17) is 0 Å². The van der Waals surface area contributed by atoms with Crippen molar-refractivity contribution >= 4 is 5.91 Å². The van der Waals surface area contributed by atoms with Crippen molar-refractivity contribution in [2.75, 3.05) is 6.54 Å². The number of hydrogen-bond donors (Lipinski definition) is 2. The van der Waals surface area contributed by atoms with Crippen molar-refractivity contribution in [1.82, 2.24) is 5.32 Å². The summed E-state index contributed by atoms with van der Waals surface area (Å²) in [6.07, 6.45) is 0. The second-order valence-corrected chi connectivity index (χ2v) is 1.75. The Morgan fingerprint density at radius 1 is 1.78 bits per heavy atom. The molecular weight excluding hydrogens is 140 g/mol. The van der Waals surface area contributed by atoms with Crippen LogP contribution in [0.4, 0.5) is 0 Å². The molecule has 4 heteroatoms. The van der Waals surface area contributed by atoms with Gasteiger partial charge in [-0.2, -0.15) is 0 Å². The molecule has 3 nitrogen and oxygen atoms in total. The average molecular weight is 153 g/mol. The molecule has 9 heavy (non-hydrogen) atoms. The Morgan fingerprint density at radius 2 is 2.22 bits per heavy atom. The van der Waals surface area contributed by atoms with Crippen LogP contribution in [0.25, 0.3) is 0 Å². The second-order valence-electron chi connectivity index (χ2n) is 1.75. The largest absolute Gasteiger partial charge is 1.00 e. The van der Waals surface area contributed by atoms with Crippen LogP contribution in [-0.4, -0.2) is 18.5 Å². The predicted molar refractivity (Wildman–Crippen MR) is 31.0 cm³/mol. The molecule has 0 aromatic rings.